The van der Waals surface area contributed by atoms with Crippen molar-refractivity contribution < 1.29 is 19.0 Å². The molecule has 8 nitrogen and oxygen atoms in total. The van der Waals surface area contributed by atoms with Gasteiger partial charge in [0.1, 0.15) is 0 Å². The number of nitrogens with one attached hydrogen (secondary N) is 3. The Hall–Kier alpha value is -2.30. The van der Waals surface area contributed by atoms with Crippen LogP contribution >= 0.6 is 10.8 Å². The van der Waals surface area contributed by atoms with E-state index in [0.29, 0.717) is 43.1 Å². The lowest BCUT2D eigenvalue weighted by molar-refractivity contribution is 0.0834. The standard InChI is InChI=1S/C24H36N4O4S/c1-3-26-20-14-19(15-21(16-20)28-11-7-8-12-33(28,31)32)24(30)27-22(23(29)17-25-2)13-18-9-5-4-6-10-18/h4-6,9-10,14-16,22-23,25-26,29,31-32H,3,7-8,11-13,17H2,1-2H3,(H,27,30). The molecule has 6 N–H and O–H groups in total. The van der Waals surface area contributed by atoms with Crippen LogP contribution in [-0.4, -0.2) is 64.7 Å². The number of rotatable bonds is 10. The Bertz CT molecular complexity index is 913. The SMILES string of the molecule is CCNc1cc(C(=O)NC(Cc2ccccc2)C(O)CNC)cc(N2CCCCS2(O)O)c1. The van der Waals surface area contributed by atoms with Gasteiger partial charge in [-0.1, -0.05) is 30.3 Å². The van der Waals surface area contributed by atoms with Crippen LogP contribution in [0.25, 0.3) is 0 Å². The largest absolute Gasteiger partial charge is 0.390 e. The van der Waals surface area contributed by atoms with Gasteiger partial charge in [-0.2, -0.15) is 0 Å². The molecule has 2 aromatic carbocycles. The van der Waals surface area contributed by atoms with Crippen molar-refractivity contribution >= 4 is 28.1 Å². The molecule has 3 rings (SSSR count). The highest BCUT2D eigenvalue weighted by Gasteiger charge is 2.28. The fourth-order valence-corrected chi connectivity index (χ4v) is 5.73. The number of carbonyl (C=O) groups is 1. The Labute approximate surface area is 197 Å². The molecular weight excluding hydrogens is 440 g/mol. The molecule has 1 aliphatic heterocycles. The van der Waals surface area contributed by atoms with Gasteiger partial charge in [-0.25, -0.2) is 0 Å². The van der Waals surface area contributed by atoms with Gasteiger partial charge in [-0.3, -0.25) is 18.2 Å². The molecule has 0 aliphatic carbocycles. The summed E-state index contributed by atoms with van der Waals surface area (Å²) in [7, 11) is -1.15. The summed E-state index contributed by atoms with van der Waals surface area (Å²) in [6.45, 7) is 3.49. The summed E-state index contributed by atoms with van der Waals surface area (Å²) < 4.78 is 22.8. The van der Waals surface area contributed by atoms with Crippen molar-refractivity contribution in [1.29, 1.82) is 0 Å². The van der Waals surface area contributed by atoms with E-state index in [9.17, 15) is 19.0 Å². The highest BCUT2D eigenvalue weighted by molar-refractivity contribution is 8.25. The van der Waals surface area contributed by atoms with Crippen molar-refractivity contribution in [3.63, 3.8) is 0 Å². The van der Waals surface area contributed by atoms with Crippen molar-refractivity contribution in [3.8, 4) is 0 Å². The van der Waals surface area contributed by atoms with Gasteiger partial charge in [0.25, 0.3) is 5.91 Å². The third-order valence-corrected chi connectivity index (χ3v) is 7.66. The molecule has 2 aromatic rings. The summed E-state index contributed by atoms with van der Waals surface area (Å²) in [6.07, 6.45) is 1.34. The summed E-state index contributed by atoms with van der Waals surface area (Å²) >= 11 is 0. The van der Waals surface area contributed by atoms with Crippen LogP contribution in [0.1, 0.15) is 35.7 Å². The van der Waals surface area contributed by atoms with E-state index in [0.717, 1.165) is 24.1 Å². The Morgan fingerprint density at radius 2 is 1.91 bits per heavy atom. The fraction of sp³-hybridized carbons (Fsp3) is 0.458. The van der Waals surface area contributed by atoms with Crippen LogP contribution in [0.15, 0.2) is 48.5 Å². The molecule has 2 atom stereocenters. The fourth-order valence-electron chi connectivity index (χ4n) is 4.05. The summed E-state index contributed by atoms with van der Waals surface area (Å²) in [4.78, 5) is 13.3. The van der Waals surface area contributed by atoms with Crippen molar-refractivity contribution in [2.75, 3.05) is 42.1 Å². The lowest BCUT2D eigenvalue weighted by Crippen LogP contribution is -2.48. The van der Waals surface area contributed by atoms with Gasteiger partial charge < -0.3 is 21.1 Å². The Balaban J connectivity index is 1.87. The van der Waals surface area contributed by atoms with Crippen LogP contribution < -0.4 is 20.3 Å². The summed E-state index contributed by atoms with van der Waals surface area (Å²) in [5, 5.41) is 19.9. The lowest BCUT2D eigenvalue weighted by Gasteiger charge is -2.47. The Kier molecular flexibility index (Phi) is 8.99. The van der Waals surface area contributed by atoms with Crippen LogP contribution in [0.2, 0.25) is 0 Å². The van der Waals surface area contributed by atoms with Gasteiger partial charge in [-0.15, -0.1) is 10.8 Å². The predicted molar refractivity (Wildman–Crippen MR) is 136 cm³/mol. The lowest BCUT2D eigenvalue weighted by atomic mass is 10.0. The average molecular weight is 477 g/mol. The van der Waals surface area contributed by atoms with Crippen molar-refractivity contribution in [3.05, 3.63) is 59.7 Å². The van der Waals surface area contributed by atoms with E-state index in [4.69, 9.17) is 0 Å². The monoisotopic (exact) mass is 476 g/mol. The van der Waals surface area contributed by atoms with Gasteiger partial charge in [0.2, 0.25) is 0 Å². The number of benzene rings is 2. The zero-order valence-electron chi connectivity index (χ0n) is 19.3. The molecule has 33 heavy (non-hydrogen) atoms. The van der Waals surface area contributed by atoms with Gasteiger partial charge in [-0.05, 0) is 57.0 Å². The predicted octanol–water partition coefficient (Wildman–Crippen LogP) is 3.31. The number of aliphatic hydroxyl groups is 1. The Morgan fingerprint density at radius 3 is 2.58 bits per heavy atom. The molecule has 1 aliphatic rings. The zero-order chi connectivity index (χ0) is 23.8. The first-order valence-electron chi connectivity index (χ1n) is 11.4. The molecule has 0 saturated carbocycles. The molecule has 1 saturated heterocycles. The molecule has 1 heterocycles. The van der Waals surface area contributed by atoms with E-state index in [1.165, 1.54) is 0 Å². The molecule has 182 valence electrons. The van der Waals surface area contributed by atoms with Crippen LogP contribution in [-0.2, 0) is 6.42 Å². The second kappa shape index (κ2) is 11.7. The number of hydrogen-bond acceptors (Lipinski definition) is 7. The molecular formula is C24H36N4O4S. The van der Waals surface area contributed by atoms with Crippen molar-refractivity contribution in [2.24, 2.45) is 0 Å². The van der Waals surface area contributed by atoms with E-state index >= 15 is 0 Å². The number of likely N-dealkylation sites (N-methyl/N-ethyl adjacent to an activating group) is 1. The van der Waals surface area contributed by atoms with Gasteiger partial charge in [0, 0.05) is 30.9 Å². The average Bonchev–Trinajstić information content (AvgIpc) is 2.79. The zero-order valence-corrected chi connectivity index (χ0v) is 20.1. The van der Waals surface area contributed by atoms with E-state index in [-0.39, 0.29) is 5.91 Å². The maximum atomic E-state index is 13.3. The molecule has 1 fully saturated rings. The van der Waals surface area contributed by atoms with Crippen LogP contribution in [0.5, 0.6) is 0 Å². The molecule has 1 amide bonds. The van der Waals surface area contributed by atoms with E-state index in [1.54, 1.807) is 23.5 Å². The smallest absolute Gasteiger partial charge is 0.251 e. The minimum absolute atomic E-state index is 0.319. The number of aliphatic hydroxyl groups excluding tert-OH is 1. The maximum absolute atomic E-state index is 13.3. The van der Waals surface area contributed by atoms with Crippen molar-refractivity contribution in [2.45, 2.75) is 38.3 Å². The van der Waals surface area contributed by atoms with Gasteiger partial charge in [0.05, 0.1) is 23.6 Å². The van der Waals surface area contributed by atoms with Crippen LogP contribution in [0, 0.1) is 0 Å². The van der Waals surface area contributed by atoms with Gasteiger partial charge >= 0.3 is 0 Å². The van der Waals surface area contributed by atoms with Crippen LogP contribution in [0.4, 0.5) is 11.4 Å². The molecule has 9 heteroatoms. The quantitative estimate of drug-likeness (QED) is 0.312. The number of carbonyl (C=O) groups excluding carboxylic acids is 1. The molecule has 0 radical (unpaired) electrons. The first-order valence-corrected chi connectivity index (χ1v) is 13.1. The number of amides is 1. The minimum atomic E-state index is -2.91. The molecule has 0 spiro atoms. The number of hydrogen-bond donors (Lipinski definition) is 6. The summed E-state index contributed by atoms with van der Waals surface area (Å²) in [5.74, 6) is 0.00978. The minimum Gasteiger partial charge on any atom is -0.390 e. The molecule has 0 aromatic heterocycles. The van der Waals surface area contributed by atoms with E-state index < -0.39 is 22.9 Å². The number of nitrogens with zero attached hydrogens (tertiary/aromatic N) is 1. The molecule has 0 bridgehead atoms. The highest BCUT2D eigenvalue weighted by atomic mass is 32.3. The summed E-state index contributed by atoms with van der Waals surface area (Å²) in [5.41, 5.74) is 2.76. The van der Waals surface area contributed by atoms with E-state index in [1.807, 2.05) is 43.3 Å². The third-order valence-electron chi connectivity index (χ3n) is 5.72. The first-order chi connectivity index (χ1) is 15.8. The highest BCUT2D eigenvalue weighted by Crippen LogP contribution is 2.50. The van der Waals surface area contributed by atoms with E-state index in [2.05, 4.69) is 16.0 Å². The Morgan fingerprint density at radius 1 is 1.15 bits per heavy atom. The third kappa shape index (κ3) is 6.84. The van der Waals surface area contributed by atoms with Gasteiger partial charge in [0.15, 0.2) is 0 Å². The number of anilines is 2. The maximum Gasteiger partial charge on any atom is 0.251 e. The first kappa shape index (κ1) is 25.3. The summed E-state index contributed by atoms with van der Waals surface area (Å²) in [6, 6.07) is 14.5. The second-order valence-electron chi connectivity index (χ2n) is 8.34. The second-order valence-corrected chi connectivity index (χ2v) is 10.5. The normalized spacial score (nSPS) is 18.3. The molecule has 2 unspecified atom stereocenters. The topological polar surface area (TPSA) is 117 Å². The van der Waals surface area contributed by atoms with Crippen LogP contribution in [0.3, 0.4) is 0 Å². The van der Waals surface area contributed by atoms with Crippen molar-refractivity contribution in [1.82, 2.24) is 10.6 Å².